The third kappa shape index (κ3) is 4.81. The highest BCUT2D eigenvalue weighted by molar-refractivity contribution is 7.90. The molecule has 1 N–H and O–H groups in total. The van der Waals surface area contributed by atoms with Crippen molar-refractivity contribution in [2.45, 2.75) is 10.9 Å². The van der Waals surface area contributed by atoms with E-state index in [4.69, 9.17) is 16.3 Å². The minimum atomic E-state index is -3.25. The minimum Gasteiger partial charge on any atom is -0.383 e. The Hall–Kier alpha value is -1.11. The van der Waals surface area contributed by atoms with Crippen LogP contribution in [0.15, 0.2) is 29.2 Å². The van der Waals surface area contributed by atoms with E-state index in [1.165, 1.54) is 31.4 Å². The summed E-state index contributed by atoms with van der Waals surface area (Å²) < 4.78 is 27.5. The molecule has 19 heavy (non-hydrogen) atoms. The molecule has 106 valence electrons. The summed E-state index contributed by atoms with van der Waals surface area (Å²) in [5, 5.41) is 2.70. The molecule has 7 heteroatoms. The summed E-state index contributed by atoms with van der Waals surface area (Å²) in [6, 6.07) is 5.44. The van der Waals surface area contributed by atoms with E-state index in [0.29, 0.717) is 12.2 Å². The average Bonchev–Trinajstić information content (AvgIpc) is 2.37. The van der Waals surface area contributed by atoms with Crippen LogP contribution in [0.4, 0.5) is 0 Å². The summed E-state index contributed by atoms with van der Waals surface area (Å²) >= 11 is 5.69. The van der Waals surface area contributed by atoms with Gasteiger partial charge in [0.05, 0.1) is 17.5 Å². The maximum atomic E-state index is 11.9. The molecule has 1 amide bonds. The van der Waals surface area contributed by atoms with Crippen molar-refractivity contribution in [1.82, 2.24) is 5.32 Å². The van der Waals surface area contributed by atoms with Gasteiger partial charge in [-0.25, -0.2) is 8.42 Å². The number of methoxy groups -OCH3 is 1. The van der Waals surface area contributed by atoms with E-state index in [9.17, 15) is 13.2 Å². The summed E-state index contributed by atoms with van der Waals surface area (Å²) in [6.07, 6.45) is 1.12. The first-order valence-electron chi connectivity index (χ1n) is 5.54. The second kappa shape index (κ2) is 6.88. The molecule has 1 rings (SSSR count). The summed E-state index contributed by atoms with van der Waals surface area (Å²) in [5.41, 5.74) is 0.374. The van der Waals surface area contributed by atoms with Gasteiger partial charge in [0.1, 0.15) is 0 Å². The molecule has 0 saturated carbocycles. The van der Waals surface area contributed by atoms with Crippen LogP contribution in [0.2, 0.25) is 0 Å². The van der Waals surface area contributed by atoms with Crippen molar-refractivity contribution in [2.24, 2.45) is 0 Å². The SMILES string of the molecule is COCC(CCl)NC(=O)c1ccc(S(C)(=O)=O)cc1. The number of hydrogen-bond donors (Lipinski definition) is 1. The van der Waals surface area contributed by atoms with E-state index < -0.39 is 9.84 Å². The normalized spacial score (nSPS) is 13.0. The molecule has 1 unspecified atom stereocenters. The number of carbonyl (C=O) groups excluding carboxylic acids is 1. The van der Waals surface area contributed by atoms with Gasteiger partial charge >= 0.3 is 0 Å². The molecular weight excluding hydrogens is 290 g/mol. The van der Waals surface area contributed by atoms with Gasteiger partial charge in [-0.05, 0) is 24.3 Å². The van der Waals surface area contributed by atoms with E-state index in [1.54, 1.807) is 0 Å². The number of amides is 1. The van der Waals surface area contributed by atoms with Gasteiger partial charge in [0.25, 0.3) is 5.91 Å². The Balaban J connectivity index is 2.78. The Kier molecular flexibility index (Phi) is 5.78. The van der Waals surface area contributed by atoms with Gasteiger partial charge in [-0.3, -0.25) is 4.79 Å². The standard InChI is InChI=1S/C12H16ClNO4S/c1-18-8-10(7-13)14-12(15)9-3-5-11(6-4-9)19(2,16)17/h3-6,10H,7-8H2,1-2H3,(H,14,15). The quantitative estimate of drug-likeness (QED) is 0.798. The first kappa shape index (κ1) is 15.9. The van der Waals surface area contributed by atoms with E-state index in [0.717, 1.165) is 6.26 Å². The van der Waals surface area contributed by atoms with Crippen LogP contribution >= 0.6 is 11.6 Å². The minimum absolute atomic E-state index is 0.176. The highest BCUT2D eigenvalue weighted by atomic mass is 35.5. The largest absolute Gasteiger partial charge is 0.383 e. The summed E-state index contributed by atoms with van der Waals surface area (Å²) in [5.74, 6) is -0.0798. The molecular formula is C12H16ClNO4S. The molecule has 0 aliphatic rings. The van der Waals surface area contributed by atoms with Crippen molar-refractivity contribution >= 4 is 27.3 Å². The monoisotopic (exact) mass is 305 g/mol. The fraction of sp³-hybridized carbons (Fsp3) is 0.417. The van der Waals surface area contributed by atoms with Gasteiger partial charge in [0.15, 0.2) is 9.84 Å². The lowest BCUT2D eigenvalue weighted by molar-refractivity contribution is 0.0906. The smallest absolute Gasteiger partial charge is 0.251 e. The lowest BCUT2D eigenvalue weighted by atomic mass is 10.2. The Labute approximate surface area is 117 Å². The molecule has 0 saturated heterocycles. The molecule has 0 aliphatic carbocycles. The third-order valence-corrected chi connectivity index (χ3v) is 3.93. The van der Waals surface area contributed by atoms with E-state index in [2.05, 4.69) is 5.32 Å². The molecule has 1 aromatic rings. The number of hydrogen-bond acceptors (Lipinski definition) is 4. The maximum Gasteiger partial charge on any atom is 0.251 e. The molecule has 1 aromatic carbocycles. The summed E-state index contributed by atoms with van der Waals surface area (Å²) in [4.78, 5) is 12.1. The predicted octanol–water partition coefficient (Wildman–Crippen LogP) is 1.07. The van der Waals surface area contributed by atoms with E-state index in [1.807, 2.05) is 0 Å². The number of rotatable bonds is 6. The number of ether oxygens (including phenoxy) is 1. The number of halogens is 1. The number of alkyl halides is 1. The summed E-state index contributed by atoms with van der Waals surface area (Å²) in [7, 11) is -1.73. The molecule has 0 fully saturated rings. The van der Waals surface area contributed by atoms with Crippen LogP contribution < -0.4 is 5.32 Å². The molecule has 0 aliphatic heterocycles. The number of sulfone groups is 1. The van der Waals surface area contributed by atoms with Crippen molar-refractivity contribution in [1.29, 1.82) is 0 Å². The number of carbonyl (C=O) groups is 1. The second-order valence-corrected chi connectivity index (χ2v) is 6.40. The zero-order chi connectivity index (χ0) is 14.5. The number of benzene rings is 1. The van der Waals surface area contributed by atoms with Crippen LogP contribution in [0.3, 0.4) is 0 Å². The van der Waals surface area contributed by atoms with Crippen LogP contribution in [-0.4, -0.2) is 46.2 Å². The molecule has 1 atom stereocenters. The van der Waals surface area contributed by atoms with Crippen LogP contribution in [0.5, 0.6) is 0 Å². The maximum absolute atomic E-state index is 11.9. The Bertz CT molecular complexity index is 527. The van der Waals surface area contributed by atoms with Gasteiger partial charge in [-0.1, -0.05) is 0 Å². The predicted molar refractivity (Wildman–Crippen MR) is 73.4 cm³/mol. The van der Waals surface area contributed by atoms with Crippen LogP contribution in [0.1, 0.15) is 10.4 Å². The first-order chi connectivity index (χ1) is 8.88. The van der Waals surface area contributed by atoms with Crippen molar-refractivity contribution in [2.75, 3.05) is 25.9 Å². The topological polar surface area (TPSA) is 72.5 Å². The molecule has 0 aromatic heterocycles. The van der Waals surface area contributed by atoms with E-state index in [-0.39, 0.29) is 22.7 Å². The van der Waals surface area contributed by atoms with E-state index >= 15 is 0 Å². The number of nitrogens with one attached hydrogen (secondary N) is 1. The van der Waals surface area contributed by atoms with Gasteiger partial charge in [-0.15, -0.1) is 11.6 Å². The van der Waals surface area contributed by atoms with Crippen molar-refractivity contribution in [3.63, 3.8) is 0 Å². The Morgan fingerprint density at radius 3 is 2.37 bits per heavy atom. The Morgan fingerprint density at radius 1 is 1.37 bits per heavy atom. The van der Waals surface area contributed by atoms with Crippen molar-refractivity contribution < 1.29 is 17.9 Å². The van der Waals surface area contributed by atoms with Crippen LogP contribution in [-0.2, 0) is 14.6 Å². The Morgan fingerprint density at radius 2 is 1.95 bits per heavy atom. The van der Waals surface area contributed by atoms with Gasteiger partial charge < -0.3 is 10.1 Å². The van der Waals surface area contributed by atoms with Crippen molar-refractivity contribution in [3.05, 3.63) is 29.8 Å². The molecule has 0 heterocycles. The summed E-state index contributed by atoms with van der Waals surface area (Å²) in [6.45, 7) is 0.316. The van der Waals surface area contributed by atoms with Crippen LogP contribution in [0.25, 0.3) is 0 Å². The zero-order valence-electron chi connectivity index (χ0n) is 10.7. The van der Waals surface area contributed by atoms with Crippen LogP contribution in [0, 0.1) is 0 Å². The van der Waals surface area contributed by atoms with Gasteiger partial charge in [-0.2, -0.15) is 0 Å². The third-order valence-electron chi connectivity index (χ3n) is 2.43. The fourth-order valence-electron chi connectivity index (χ4n) is 1.45. The molecule has 5 nitrogen and oxygen atoms in total. The first-order valence-corrected chi connectivity index (χ1v) is 7.97. The zero-order valence-corrected chi connectivity index (χ0v) is 12.3. The van der Waals surface area contributed by atoms with Gasteiger partial charge in [0, 0.05) is 24.8 Å². The lowest BCUT2D eigenvalue weighted by Gasteiger charge is -2.15. The molecule has 0 spiro atoms. The van der Waals surface area contributed by atoms with Gasteiger partial charge in [0.2, 0.25) is 0 Å². The fourth-order valence-corrected chi connectivity index (χ4v) is 2.24. The average molecular weight is 306 g/mol. The lowest BCUT2D eigenvalue weighted by Crippen LogP contribution is -2.39. The molecule has 0 bridgehead atoms. The molecule has 0 radical (unpaired) electrons. The second-order valence-electron chi connectivity index (χ2n) is 4.08. The highest BCUT2D eigenvalue weighted by Crippen LogP contribution is 2.10. The van der Waals surface area contributed by atoms with Crippen molar-refractivity contribution in [3.8, 4) is 0 Å². The highest BCUT2D eigenvalue weighted by Gasteiger charge is 2.14.